The molecule has 0 aromatic heterocycles. The zero-order valence-corrected chi connectivity index (χ0v) is 18.2. The van der Waals surface area contributed by atoms with Crippen LogP contribution in [0.3, 0.4) is 0 Å². The van der Waals surface area contributed by atoms with Gasteiger partial charge >= 0.3 is 7.12 Å². The van der Waals surface area contributed by atoms with Crippen LogP contribution in [-0.4, -0.2) is 37.3 Å². The van der Waals surface area contributed by atoms with Crippen LogP contribution in [0.15, 0.2) is 42.5 Å². The molecule has 3 nitrogen and oxygen atoms in total. The molecule has 1 saturated heterocycles. The second-order valence-corrected chi connectivity index (χ2v) is 9.16. The van der Waals surface area contributed by atoms with Crippen molar-refractivity contribution in [3.63, 3.8) is 0 Å². The monoisotopic (exact) mass is 405 g/mol. The number of hydrogen-bond donors (Lipinski definition) is 0. The second kappa shape index (κ2) is 7.42. The number of halogens is 2. The minimum absolute atomic E-state index is 0.0311. The molecule has 144 valence electrons. The molecule has 1 heterocycles. The Morgan fingerprint density at radius 3 is 2.04 bits per heavy atom. The number of hydrogen-bond acceptors (Lipinski definition) is 3. The van der Waals surface area contributed by atoms with Crippen molar-refractivity contribution in [1.82, 2.24) is 4.90 Å². The van der Waals surface area contributed by atoms with Gasteiger partial charge in [0.05, 0.1) is 17.2 Å². The summed E-state index contributed by atoms with van der Waals surface area (Å²) in [6.45, 7) is 8.23. The maximum absolute atomic E-state index is 6.38. The highest BCUT2D eigenvalue weighted by atomic mass is 35.5. The third-order valence-corrected chi connectivity index (χ3v) is 6.00. The first-order valence-electron chi connectivity index (χ1n) is 9.09. The van der Waals surface area contributed by atoms with Gasteiger partial charge in [-0.2, -0.15) is 0 Å². The van der Waals surface area contributed by atoms with Crippen molar-refractivity contribution in [1.29, 1.82) is 0 Å². The summed E-state index contributed by atoms with van der Waals surface area (Å²) in [5.74, 6) is 0. The average Bonchev–Trinajstić information content (AvgIpc) is 2.75. The number of nitrogens with zero attached hydrogens (tertiary/aromatic N) is 1. The van der Waals surface area contributed by atoms with Crippen LogP contribution in [0.2, 0.25) is 10.0 Å². The smallest absolute Gasteiger partial charge is 0.399 e. The number of rotatable bonds is 4. The van der Waals surface area contributed by atoms with Crippen molar-refractivity contribution in [3.05, 3.63) is 63.6 Å². The maximum atomic E-state index is 6.38. The Balaban J connectivity index is 2.11. The van der Waals surface area contributed by atoms with Crippen molar-refractivity contribution in [2.75, 3.05) is 14.1 Å². The molecule has 0 unspecified atom stereocenters. The molecule has 0 aliphatic carbocycles. The SMILES string of the molecule is CN(C)[C@@H](c1cccc(Cl)c1)c1cc(Cl)ccc1B1OC(C)(C)C(C)(C)O1. The molecule has 0 N–H and O–H groups in total. The van der Waals surface area contributed by atoms with Gasteiger partial charge in [0.15, 0.2) is 0 Å². The van der Waals surface area contributed by atoms with Gasteiger partial charge in [0, 0.05) is 10.0 Å². The van der Waals surface area contributed by atoms with E-state index >= 15 is 0 Å². The van der Waals surface area contributed by atoms with Crippen LogP contribution in [0, 0.1) is 0 Å². The summed E-state index contributed by atoms with van der Waals surface area (Å²) in [6, 6.07) is 13.8. The minimum atomic E-state index is -0.455. The van der Waals surface area contributed by atoms with Crippen LogP contribution >= 0.6 is 23.2 Å². The van der Waals surface area contributed by atoms with Gasteiger partial charge in [-0.1, -0.05) is 41.4 Å². The lowest BCUT2D eigenvalue weighted by Crippen LogP contribution is -2.41. The summed E-state index contributed by atoms with van der Waals surface area (Å²) in [7, 11) is 3.63. The first kappa shape index (κ1) is 20.7. The molecule has 0 bridgehead atoms. The van der Waals surface area contributed by atoms with E-state index in [1.54, 1.807) is 0 Å². The van der Waals surface area contributed by atoms with Gasteiger partial charge in [-0.25, -0.2) is 0 Å². The van der Waals surface area contributed by atoms with E-state index < -0.39 is 18.3 Å². The molecule has 2 aromatic carbocycles. The Labute approximate surface area is 172 Å². The lowest BCUT2D eigenvalue weighted by Gasteiger charge is -2.32. The molecular formula is C21H26BCl2NO2. The normalized spacial score (nSPS) is 19.5. The molecule has 1 aliphatic heterocycles. The van der Waals surface area contributed by atoms with Crippen molar-refractivity contribution >= 4 is 35.8 Å². The summed E-state index contributed by atoms with van der Waals surface area (Å²) in [5.41, 5.74) is 2.31. The average molecular weight is 406 g/mol. The second-order valence-electron chi connectivity index (χ2n) is 8.28. The third kappa shape index (κ3) is 4.06. The fraction of sp³-hybridized carbons (Fsp3) is 0.429. The molecule has 2 aromatic rings. The quantitative estimate of drug-likeness (QED) is 0.672. The van der Waals surface area contributed by atoms with Crippen molar-refractivity contribution in [2.24, 2.45) is 0 Å². The van der Waals surface area contributed by atoms with Gasteiger partial charge in [0.25, 0.3) is 0 Å². The lowest BCUT2D eigenvalue weighted by molar-refractivity contribution is 0.00578. The van der Waals surface area contributed by atoms with E-state index in [1.807, 2.05) is 50.5 Å². The van der Waals surface area contributed by atoms with Gasteiger partial charge in [-0.05, 0) is 82.6 Å². The summed E-state index contributed by atoms with van der Waals surface area (Å²) in [5, 5.41) is 1.39. The summed E-state index contributed by atoms with van der Waals surface area (Å²) in [4.78, 5) is 2.14. The predicted molar refractivity (Wildman–Crippen MR) is 114 cm³/mol. The van der Waals surface area contributed by atoms with Crippen LogP contribution in [0.25, 0.3) is 0 Å². The highest BCUT2D eigenvalue weighted by molar-refractivity contribution is 6.62. The van der Waals surface area contributed by atoms with Gasteiger partial charge in [-0.15, -0.1) is 0 Å². The van der Waals surface area contributed by atoms with Crippen LogP contribution in [0.4, 0.5) is 0 Å². The minimum Gasteiger partial charge on any atom is -0.399 e. The lowest BCUT2D eigenvalue weighted by atomic mass is 9.73. The van der Waals surface area contributed by atoms with Crippen molar-refractivity contribution in [3.8, 4) is 0 Å². The molecule has 3 rings (SSSR count). The van der Waals surface area contributed by atoms with Gasteiger partial charge in [0.2, 0.25) is 0 Å². The summed E-state index contributed by atoms with van der Waals surface area (Å²) >= 11 is 12.6. The first-order valence-corrected chi connectivity index (χ1v) is 9.84. The predicted octanol–water partition coefficient (Wildman–Crippen LogP) is 4.94. The Bertz CT molecular complexity index is 823. The van der Waals surface area contributed by atoms with Crippen LogP contribution in [0.1, 0.15) is 44.9 Å². The Morgan fingerprint density at radius 1 is 0.889 bits per heavy atom. The van der Waals surface area contributed by atoms with E-state index in [1.165, 1.54) is 0 Å². The fourth-order valence-corrected chi connectivity index (χ4v) is 3.78. The van der Waals surface area contributed by atoms with E-state index in [0.29, 0.717) is 10.0 Å². The van der Waals surface area contributed by atoms with Crippen LogP contribution < -0.4 is 5.46 Å². The zero-order valence-electron chi connectivity index (χ0n) is 16.7. The molecule has 1 aliphatic rings. The summed E-state index contributed by atoms with van der Waals surface area (Å²) in [6.07, 6.45) is 0. The zero-order chi connectivity index (χ0) is 20.0. The van der Waals surface area contributed by atoms with Gasteiger partial charge < -0.3 is 9.31 Å². The van der Waals surface area contributed by atoms with Gasteiger partial charge in [0.1, 0.15) is 0 Å². The van der Waals surface area contributed by atoms with E-state index in [2.05, 4.69) is 38.7 Å². The van der Waals surface area contributed by atoms with Gasteiger partial charge in [-0.3, -0.25) is 4.90 Å². The van der Waals surface area contributed by atoms with E-state index in [4.69, 9.17) is 32.5 Å². The highest BCUT2D eigenvalue weighted by Crippen LogP contribution is 2.38. The molecule has 0 saturated carbocycles. The molecule has 1 fully saturated rings. The summed E-state index contributed by atoms with van der Waals surface area (Å²) < 4.78 is 12.6. The van der Waals surface area contributed by atoms with Crippen LogP contribution in [-0.2, 0) is 9.31 Å². The molecule has 0 spiro atoms. The molecular weight excluding hydrogens is 380 g/mol. The van der Waals surface area contributed by atoms with Crippen LogP contribution in [0.5, 0.6) is 0 Å². The largest absolute Gasteiger partial charge is 0.495 e. The Hall–Kier alpha value is -1.04. The van der Waals surface area contributed by atoms with Crippen molar-refractivity contribution in [2.45, 2.75) is 44.9 Å². The molecule has 6 heteroatoms. The van der Waals surface area contributed by atoms with Crippen molar-refractivity contribution < 1.29 is 9.31 Å². The topological polar surface area (TPSA) is 21.7 Å². The molecule has 1 atom stereocenters. The van der Waals surface area contributed by atoms with E-state index in [9.17, 15) is 0 Å². The van der Waals surface area contributed by atoms with E-state index in [0.717, 1.165) is 16.6 Å². The standard InChI is InChI=1S/C21H26BCl2NO2/c1-20(2)21(3,4)27-22(26-20)18-11-10-16(24)13-17(18)19(25(5)6)14-8-7-9-15(23)12-14/h7-13,19H,1-6H3/t19-/m0/s1. The maximum Gasteiger partial charge on any atom is 0.495 e. The first-order chi connectivity index (χ1) is 12.5. The highest BCUT2D eigenvalue weighted by Gasteiger charge is 2.52. The Morgan fingerprint density at radius 2 is 1.48 bits per heavy atom. The van der Waals surface area contributed by atoms with E-state index in [-0.39, 0.29) is 6.04 Å². The fourth-order valence-electron chi connectivity index (χ4n) is 3.40. The number of benzene rings is 2. The Kier molecular flexibility index (Phi) is 5.68. The molecule has 27 heavy (non-hydrogen) atoms. The molecule has 0 amide bonds. The molecule has 0 radical (unpaired) electrons. The third-order valence-electron chi connectivity index (χ3n) is 5.53.